The smallest absolute Gasteiger partial charge is 0.308 e. The van der Waals surface area contributed by atoms with Crippen LogP contribution >= 0.6 is 0 Å². The molecule has 20 heavy (non-hydrogen) atoms. The van der Waals surface area contributed by atoms with Crippen molar-refractivity contribution in [1.29, 1.82) is 0 Å². The third-order valence-corrected chi connectivity index (χ3v) is 4.09. The van der Waals surface area contributed by atoms with E-state index in [4.69, 9.17) is 4.74 Å². The molecule has 0 aliphatic heterocycles. The summed E-state index contributed by atoms with van der Waals surface area (Å²) in [4.78, 5) is 11.0. The molecule has 0 radical (unpaired) electrons. The molecule has 1 aromatic rings. The Morgan fingerprint density at radius 1 is 1.00 bits per heavy atom. The summed E-state index contributed by atoms with van der Waals surface area (Å²) in [6.07, 6.45) is 2.36. The molecule has 0 atom stereocenters. The van der Waals surface area contributed by atoms with Crippen LogP contribution in [0.4, 0.5) is 0 Å². The number of carbonyl (C=O) groups excluding carboxylic acids is 1. The maximum absolute atomic E-state index is 11.0. The van der Waals surface area contributed by atoms with Crippen LogP contribution in [0.5, 0.6) is 5.75 Å². The zero-order valence-corrected chi connectivity index (χ0v) is 14.0. The third kappa shape index (κ3) is 3.41. The summed E-state index contributed by atoms with van der Waals surface area (Å²) in [6, 6.07) is 6.07. The summed E-state index contributed by atoms with van der Waals surface area (Å²) in [5.41, 5.74) is 3.06. The second-order valence-electron chi connectivity index (χ2n) is 6.57. The Balaban J connectivity index is 0.000000956. The Morgan fingerprint density at radius 2 is 1.50 bits per heavy atom. The van der Waals surface area contributed by atoms with Gasteiger partial charge in [-0.25, -0.2) is 0 Å². The first-order chi connectivity index (χ1) is 9.22. The summed E-state index contributed by atoms with van der Waals surface area (Å²) in [7, 11) is 0. The molecule has 0 N–H and O–H groups in total. The molecule has 0 spiro atoms. The number of esters is 1. The molecule has 0 fully saturated rings. The van der Waals surface area contributed by atoms with Gasteiger partial charge >= 0.3 is 5.97 Å². The fourth-order valence-electron chi connectivity index (χ4n) is 2.80. The van der Waals surface area contributed by atoms with Crippen molar-refractivity contribution in [2.75, 3.05) is 0 Å². The molecule has 0 amide bonds. The maximum atomic E-state index is 11.0. The van der Waals surface area contributed by atoms with Crippen LogP contribution in [-0.2, 0) is 15.6 Å². The lowest BCUT2D eigenvalue weighted by Crippen LogP contribution is -2.33. The van der Waals surface area contributed by atoms with E-state index >= 15 is 0 Å². The van der Waals surface area contributed by atoms with Crippen molar-refractivity contribution >= 4 is 5.97 Å². The van der Waals surface area contributed by atoms with Crippen LogP contribution in [0, 0.1) is 0 Å². The zero-order valence-electron chi connectivity index (χ0n) is 14.0. The van der Waals surface area contributed by atoms with Gasteiger partial charge in [0.15, 0.2) is 0 Å². The average molecular weight is 276 g/mol. The second kappa shape index (κ2) is 5.99. The van der Waals surface area contributed by atoms with Crippen LogP contribution in [0.25, 0.3) is 0 Å². The van der Waals surface area contributed by atoms with E-state index in [-0.39, 0.29) is 16.8 Å². The van der Waals surface area contributed by atoms with Gasteiger partial charge in [0.05, 0.1) is 0 Å². The molecule has 0 heterocycles. The topological polar surface area (TPSA) is 26.3 Å². The van der Waals surface area contributed by atoms with Gasteiger partial charge in [-0.3, -0.25) is 4.79 Å². The highest BCUT2D eigenvalue weighted by Crippen LogP contribution is 2.46. The largest absolute Gasteiger partial charge is 0.427 e. The molecule has 0 aromatic heterocycles. The number of hydrogen-bond acceptors (Lipinski definition) is 2. The minimum atomic E-state index is -0.261. The van der Waals surface area contributed by atoms with Crippen molar-refractivity contribution in [2.45, 2.75) is 72.1 Å². The maximum Gasteiger partial charge on any atom is 0.308 e. The lowest BCUT2D eigenvalue weighted by molar-refractivity contribution is -0.131. The van der Waals surface area contributed by atoms with Crippen LogP contribution in [0.2, 0.25) is 0 Å². The van der Waals surface area contributed by atoms with Gasteiger partial charge in [-0.15, -0.1) is 0 Å². The summed E-state index contributed by atoms with van der Waals surface area (Å²) in [5, 5.41) is 0. The Bertz CT molecular complexity index is 484. The van der Waals surface area contributed by atoms with E-state index in [0.717, 1.165) is 6.42 Å². The van der Waals surface area contributed by atoms with Crippen molar-refractivity contribution in [3.63, 3.8) is 0 Å². The lowest BCUT2D eigenvalue weighted by Gasteiger charge is -2.41. The molecule has 0 saturated carbocycles. The first-order valence-electron chi connectivity index (χ1n) is 7.56. The van der Waals surface area contributed by atoms with E-state index < -0.39 is 0 Å². The van der Waals surface area contributed by atoms with Gasteiger partial charge in [-0.05, 0) is 46.9 Å². The molecule has 112 valence electrons. The highest BCUT2D eigenvalue weighted by atomic mass is 16.5. The number of rotatable bonds is 1. The molecule has 0 unspecified atom stereocenters. The van der Waals surface area contributed by atoms with Crippen molar-refractivity contribution in [2.24, 2.45) is 0 Å². The van der Waals surface area contributed by atoms with Gasteiger partial charge in [0, 0.05) is 6.92 Å². The molecule has 0 saturated heterocycles. The number of carbonyl (C=O) groups is 1. The SMILES string of the molecule is CC.CC(=O)Oc1ccc2c(c1)C(C)(C)CCC2(C)C. The van der Waals surface area contributed by atoms with Crippen LogP contribution in [-0.4, -0.2) is 5.97 Å². The van der Waals surface area contributed by atoms with E-state index in [0.29, 0.717) is 5.75 Å². The van der Waals surface area contributed by atoms with E-state index in [9.17, 15) is 4.79 Å². The monoisotopic (exact) mass is 276 g/mol. The number of ether oxygens (including phenoxy) is 1. The van der Waals surface area contributed by atoms with E-state index in [1.54, 1.807) is 0 Å². The molecule has 1 aliphatic rings. The second-order valence-corrected chi connectivity index (χ2v) is 6.57. The van der Waals surface area contributed by atoms with Gasteiger partial charge in [0.2, 0.25) is 0 Å². The summed E-state index contributed by atoms with van der Waals surface area (Å²) >= 11 is 0. The predicted molar refractivity (Wildman–Crippen MR) is 84.4 cm³/mol. The minimum absolute atomic E-state index is 0.154. The van der Waals surface area contributed by atoms with Gasteiger partial charge < -0.3 is 4.74 Å². The van der Waals surface area contributed by atoms with Crippen molar-refractivity contribution < 1.29 is 9.53 Å². The fraction of sp³-hybridized carbons (Fsp3) is 0.611. The number of fused-ring (bicyclic) bond motifs is 1. The zero-order chi connectivity index (χ0) is 15.6. The van der Waals surface area contributed by atoms with Crippen molar-refractivity contribution in [3.05, 3.63) is 29.3 Å². The summed E-state index contributed by atoms with van der Waals surface area (Å²) < 4.78 is 5.20. The van der Waals surface area contributed by atoms with Crippen LogP contribution in [0.3, 0.4) is 0 Å². The minimum Gasteiger partial charge on any atom is -0.427 e. The Hall–Kier alpha value is -1.31. The molecular formula is C18H28O2. The fourth-order valence-corrected chi connectivity index (χ4v) is 2.80. The molecule has 1 aliphatic carbocycles. The average Bonchev–Trinajstić information content (AvgIpc) is 2.37. The third-order valence-electron chi connectivity index (χ3n) is 4.09. The van der Waals surface area contributed by atoms with E-state index in [1.807, 2.05) is 26.0 Å². The first-order valence-corrected chi connectivity index (χ1v) is 7.56. The van der Waals surface area contributed by atoms with Crippen LogP contribution < -0.4 is 4.74 Å². The van der Waals surface area contributed by atoms with Crippen LogP contribution in [0.1, 0.15) is 72.4 Å². The first kappa shape index (κ1) is 16.7. The molecule has 2 heteroatoms. The Morgan fingerprint density at radius 3 is 2.00 bits per heavy atom. The highest BCUT2D eigenvalue weighted by molar-refractivity contribution is 5.69. The van der Waals surface area contributed by atoms with Gasteiger partial charge in [0.1, 0.15) is 5.75 Å². The van der Waals surface area contributed by atoms with Gasteiger partial charge in [-0.1, -0.05) is 47.6 Å². The molecule has 1 aromatic carbocycles. The van der Waals surface area contributed by atoms with E-state index in [2.05, 4.69) is 33.8 Å². The predicted octanol–water partition coefficient (Wildman–Crippen LogP) is 4.99. The Labute approximate surface area is 123 Å². The van der Waals surface area contributed by atoms with E-state index in [1.165, 1.54) is 24.5 Å². The molecule has 2 rings (SSSR count). The van der Waals surface area contributed by atoms with Crippen molar-refractivity contribution in [1.82, 2.24) is 0 Å². The summed E-state index contributed by atoms with van der Waals surface area (Å²) in [5.74, 6) is 0.398. The van der Waals surface area contributed by atoms with Gasteiger partial charge in [-0.2, -0.15) is 0 Å². The highest BCUT2D eigenvalue weighted by Gasteiger charge is 2.37. The Kier molecular flexibility index (Phi) is 5.01. The number of hydrogen-bond donors (Lipinski definition) is 0. The van der Waals surface area contributed by atoms with Gasteiger partial charge in [0.25, 0.3) is 0 Å². The standard InChI is InChI=1S/C16H22O2.C2H6/c1-11(17)18-12-6-7-13-14(10-12)16(4,5)9-8-15(13,2)3;1-2/h6-7,10H,8-9H2,1-5H3;1-2H3. The lowest BCUT2D eigenvalue weighted by atomic mass is 9.63. The normalized spacial score (nSPS) is 18.4. The molecule has 0 bridgehead atoms. The molecular weight excluding hydrogens is 248 g/mol. The molecule has 2 nitrogen and oxygen atoms in total. The number of benzene rings is 1. The quantitative estimate of drug-likeness (QED) is 0.533. The van der Waals surface area contributed by atoms with Crippen LogP contribution in [0.15, 0.2) is 18.2 Å². The van der Waals surface area contributed by atoms with Crippen molar-refractivity contribution in [3.8, 4) is 5.75 Å². The summed E-state index contributed by atoms with van der Waals surface area (Å²) in [6.45, 7) is 14.5.